The molecule has 0 aliphatic rings. The van der Waals surface area contributed by atoms with Gasteiger partial charge < -0.3 is 5.73 Å². The van der Waals surface area contributed by atoms with Crippen LogP contribution in [0.4, 0.5) is 11.4 Å². The van der Waals surface area contributed by atoms with Gasteiger partial charge in [-0.2, -0.15) is 10.2 Å². The van der Waals surface area contributed by atoms with Crippen molar-refractivity contribution in [1.82, 2.24) is 0 Å². The molecule has 2 N–H and O–H groups in total. The molecule has 0 atom stereocenters. The molecule has 19 heavy (non-hydrogen) atoms. The minimum atomic E-state index is -0.481. The van der Waals surface area contributed by atoms with E-state index in [0.717, 1.165) is 17.5 Å². The van der Waals surface area contributed by atoms with Crippen molar-refractivity contribution in [3.05, 3.63) is 73.3 Å². The third-order valence-electron chi connectivity index (χ3n) is 1.99. The van der Waals surface area contributed by atoms with Crippen LogP contribution in [0.15, 0.2) is 83.5 Å². The van der Waals surface area contributed by atoms with E-state index < -0.39 is 5.91 Å². The van der Waals surface area contributed by atoms with Crippen LogP contribution in [0.25, 0.3) is 0 Å². The minimum Gasteiger partial charge on any atom is -0.366 e. The van der Waals surface area contributed by atoms with Gasteiger partial charge in [-0.15, -0.1) is 0 Å². The summed E-state index contributed by atoms with van der Waals surface area (Å²) >= 11 is 0. The first kappa shape index (κ1) is 14.3. The molecule has 4 nitrogen and oxygen atoms in total. The van der Waals surface area contributed by atoms with Crippen molar-refractivity contribution in [3.63, 3.8) is 0 Å². The Morgan fingerprint density at radius 2 is 1.21 bits per heavy atom. The standard InChI is InChI=1S/C12H10N2.C3H5NO/c1-3-7-11(8-4-1)13-14-12-9-5-2-6-10-12;1-2-3(4)5/h1-10H;2H,1H2,(H2,4,5). The monoisotopic (exact) mass is 253 g/mol. The largest absolute Gasteiger partial charge is 0.366 e. The lowest BCUT2D eigenvalue weighted by Gasteiger charge is -1.91. The molecule has 2 aromatic carbocycles. The maximum Gasteiger partial charge on any atom is 0.240 e. The smallest absolute Gasteiger partial charge is 0.240 e. The summed E-state index contributed by atoms with van der Waals surface area (Å²) in [7, 11) is 0. The van der Waals surface area contributed by atoms with E-state index in [1.807, 2.05) is 60.7 Å². The van der Waals surface area contributed by atoms with E-state index in [1.54, 1.807) is 0 Å². The first-order valence-electron chi connectivity index (χ1n) is 5.66. The number of nitrogens with zero attached hydrogens (tertiary/aromatic N) is 2. The Hall–Kier alpha value is -2.75. The summed E-state index contributed by atoms with van der Waals surface area (Å²) in [4.78, 5) is 9.47. The van der Waals surface area contributed by atoms with Crippen LogP contribution in [0.1, 0.15) is 0 Å². The van der Waals surface area contributed by atoms with E-state index in [1.165, 1.54) is 0 Å². The number of carbonyl (C=O) groups excluding carboxylic acids is 1. The lowest BCUT2D eigenvalue weighted by Crippen LogP contribution is -2.04. The SMILES string of the molecule is C=CC(N)=O.c1ccc(N=Nc2ccccc2)cc1. The normalized spacial score (nSPS) is 9.47. The topological polar surface area (TPSA) is 67.8 Å². The summed E-state index contributed by atoms with van der Waals surface area (Å²) < 4.78 is 0. The van der Waals surface area contributed by atoms with Crippen LogP contribution in [0.3, 0.4) is 0 Å². The van der Waals surface area contributed by atoms with Crippen LogP contribution < -0.4 is 5.73 Å². The van der Waals surface area contributed by atoms with Crippen molar-refractivity contribution in [3.8, 4) is 0 Å². The van der Waals surface area contributed by atoms with Crippen molar-refractivity contribution in [2.45, 2.75) is 0 Å². The van der Waals surface area contributed by atoms with Crippen molar-refractivity contribution < 1.29 is 4.79 Å². The zero-order valence-corrected chi connectivity index (χ0v) is 10.4. The van der Waals surface area contributed by atoms with Crippen LogP contribution in [0, 0.1) is 0 Å². The highest BCUT2D eigenvalue weighted by Crippen LogP contribution is 2.16. The van der Waals surface area contributed by atoms with E-state index in [4.69, 9.17) is 0 Å². The zero-order valence-electron chi connectivity index (χ0n) is 10.4. The number of benzene rings is 2. The number of azo groups is 1. The molecule has 0 bridgehead atoms. The molecule has 0 fully saturated rings. The van der Waals surface area contributed by atoms with E-state index >= 15 is 0 Å². The van der Waals surface area contributed by atoms with Gasteiger partial charge in [-0.1, -0.05) is 43.0 Å². The molecule has 0 saturated carbocycles. The second-order valence-electron chi connectivity index (χ2n) is 3.48. The third kappa shape index (κ3) is 6.53. The van der Waals surface area contributed by atoms with Gasteiger partial charge in [-0.05, 0) is 30.3 Å². The number of amides is 1. The van der Waals surface area contributed by atoms with E-state index in [-0.39, 0.29) is 0 Å². The molecule has 0 radical (unpaired) electrons. The lowest BCUT2D eigenvalue weighted by molar-refractivity contribution is -0.113. The summed E-state index contributed by atoms with van der Waals surface area (Å²) in [6, 6.07) is 19.4. The Labute approximate surface area is 112 Å². The molecule has 0 unspecified atom stereocenters. The van der Waals surface area contributed by atoms with Gasteiger partial charge in [0, 0.05) is 0 Å². The average molecular weight is 253 g/mol. The fourth-order valence-electron chi connectivity index (χ4n) is 1.10. The third-order valence-corrected chi connectivity index (χ3v) is 1.99. The van der Waals surface area contributed by atoms with Gasteiger partial charge in [0.15, 0.2) is 0 Å². The second kappa shape index (κ2) is 8.36. The van der Waals surface area contributed by atoms with Gasteiger partial charge in [0.05, 0.1) is 11.4 Å². The van der Waals surface area contributed by atoms with Crippen LogP contribution in [0.5, 0.6) is 0 Å². The number of primary amides is 1. The van der Waals surface area contributed by atoms with E-state index in [9.17, 15) is 4.79 Å². The highest BCUT2D eigenvalue weighted by molar-refractivity contribution is 5.84. The van der Waals surface area contributed by atoms with Gasteiger partial charge >= 0.3 is 0 Å². The highest BCUT2D eigenvalue weighted by Gasteiger charge is 1.86. The molecule has 2 rings (SSSR count). The predicted octanol–water partition coefficient (Wildman–Crippen LogP) is 3.76. The second-order valence-corrected chi connectivity index (χ2v) is 3.48. The van der Waals surface area contributed by atoms with Crippen molar-refractivity contribution in [2.24, 2.45) is 16.0 Å². The molecule has 0 aromatic heterocycles. The Morgan fingerprint density at radius 3 is 1.47 bits per heavy atom. The molecule has 2 aromatic rings. The molecule has 0 saturated heterocycles. The Kier molecular flexibility index (Phi) is 6.29. The molecule has 96 valence electrons. The number of carbonyl (C=O) groups is 1. The summed E-state index contributed by atoms with van der Waals surface area (Å²) in [5, 5.41) is 8.20. The first-order chi connectivity index (χ1) is 9.22. The summed E-state index contributed by atoms with van der Waals surface area (Å²) in [5.74, 6) is -0.481. The summed E-state index contributed by atoms with van der Waals surface area (Å²) in [6.45, 7) is 3.09. The Balaban J connectivity index is 0.000000312. The molecule has 0 aliphatic carbocycles. The Morgan fingerprint density at radius 1 is 0.895 bits per heavy atom. The Bertz CT molecular complexity index is 494. The lowest BCUT2D eigenvalue weighted by atomic mass is 10.3. The molecular weight excluding hydrogens is 238 g/mol. The number of nitrogens with two attached hydrogens (primary N) is 1. The van der Waals surface area contributed by atoms with Gasteiger partial charge in [0.25, 0.3) is 0 Å². The predicted molar refractivity (Wildman–Crippen MR) is 76.5 cm³/mol. The maximum absolute atomic E-state index is 9.47. The highest BCUT2D eigenvalue weighted by atomic mass is 16.1. The molecule has 0 heterocycles. The maximum atomic E-state index is 9.47. The van der Waals surface area contributed by atoms with Crippen LogP contribution in [-0.2, 0) is 4.79 Å². The summed E-state index contributed by atoms with van der Waals surface area (Å²) in [6.07, 6.45) is 1.06. The fraction of sp³-hybridized carbons (Fsp3) is 0. The molecule has 0 spiro atoms. The number of rotatable bonds is 3. The molecule has 0 aliphatic heterocycles. The van der Waals surface area contributed by atoms with Gasteiger partial charge in [-0.25, -0.2) is 0 Å². The van der Waals surface area contributed by atoms with Crippen LogP contribution >= 0.6 is 0 Å². The first-order valence-corrected chi connectivity index (χ1v) is 5.66. The van der Waals surface area contributed by atoms with E-state index in [0.29, 0.717) is 0 Å². The van der Waals surface area contributed by atoms with Crippen molar-refractivity contribution in [1.29, 1.82) is 0 Å². The van der Waals surface area contributed by atoms with Crippen LogP contribution in [0.2, 0.25) is 0 Å². The quantitative estimate of drug-likeness (QED) is 0.656. The number of hydrogen-bond acceptors (Lipinski definition) is 3. The molecule has 1 amide bonds. The fourth-order valence-corrected chi connectivity index (χ4v) is 1.10. The zero-order chi connectivity index (χ0) is 13.9. The van der Waals surface area contributed by atoms with E-state index in [2.05, 4.69) is 22.5 Å². The molecule has 4 heteroatoms. The van der Waals surface area contributed by atoms with Crippen molar-refractivity contribution >= 4 is 17.3 Å². The molecular formula is C15H15N3O. The van der Waals surface area contributed by atoms with Gasteiger partial charge in [-0.3, -0.25) is 4.79 Å². The van der Waals surface area contributed by atoms with Gasteiger partial charge in [0.2, 0.25) is 5.91 Å². The van der Waals surface area contributed by atoms with Crippen molar-refractivity contribution in [2.75, 3.05) is 0 Å². The summed E-state index contributed by atoms with van der Waals surface area (Å²) in [5.41, 5.74) is 6.28. The number of hydrogen-bond donors (Lipinski definition) is 1. The van der Waals surface area contributed by atoms with Gasteiger partial charge in [0.1, 0.15) is 0 Å². The minimum absolute atomic E-state index is 0.481. The van der Waals surface area contributed by atoms with Crippen LogP contribution in [-0.4, -0.2) is 5.91 Å². The average Bonchev–Trinajstić information content (AvgIpc) is 2.48.